The fourth-order valence-corrected chi connectivity index (χ4v) is 3.35. The summed E-state index contributed by atoms with van der Waals surface area (Å²) < 4.78 is 0. The van der Waals surface area contributed by atoms with Gasteiger partial charge >= 0.3 is 0 Å². The van der Waals surface area contributed by atoms with E-state index in [1.165, 1.54) is 22.1 Å². The zero-order valence-electron chi connectivity index (χ0n) is 11.3. The van der Waals surface area contributed by atoms with Crippen LogP contribution in [0.3, 0.4) is 0 Å². The van der Waals surface area contributed by atoms with Gasteiger partial charge in [0.2, 0.25) is 0 Å². The maximum absolute atomic E-state index is 3.48. The van der Waals surface area contributed by atoms with Crippen molar-refractivity contribution in [2.75, 3.05) is 19.1 Å². The maximum atomic E-state index is 3.48. The Morgan fingerprint density at radius 3 is 2.56 bits per heavy atom. The monoisotopic (exact) mass is 259 g/mol. The molecule has 18 heavy (non-hydrogen) atoms. The summed E-state index contributed by atoms with van der Waals surface area (Å²) in [5.41, 5.74) is 1.41. The average Bonchev–Trinajstić information content (AvgIpc) is 2.40. The van der Waals surface area contributed by atoms with Crippen LogP contribution >= 0.6 is 11.8 Å². The topological polar surface area (TPSA) is 12.0 Å². The highest BCUT2D eigenvalue weighted by molar-refractivity contribution is 7.98. The number of rotatable bonds is 5. The van der Waals surface area contributed by atoms with Crippen LogP contribution in [0, 0.1) is 5.92 Å². The summed E-state index contributed by atoms with van der Waals surface area (Å²) in [6.45, 7) is 2.32. The fraction of sp³-hybridized carbons (Fsp3) is 0.375. The molecule has 0 heterocycles. The van der Waals surface area contributed by atoms with Gasteiger partial charge in [-0.25, -0.2) is 0 Å². The summed E-state index contributed by atoms with van der Waals surface area (Å²) in [6, 6.07) is 15.7. The van der Waals surface area contributed by atoms with Crippen LogP contribution in [0.15, 0.2) is 42.5 Å². The minimum Gasteiger partial charge on any atom is -0.313 e. The minimum atomic E-state index is 0.420. The Balaban J connectivity index is 2.44. The molecule has 2 rings (SSSR count). The van der Waals surface area contributed by atoms with Crippen LogP contribution in [-0.2, 0) is 0 Å². The van der Waals surface area contributed by atoms with E-state index in [4.69, 9.17) is 0 Å². The molecule has 2 heteroatoms. The Hall–Kier alpha value is -0.990. The zero-order chi connectivity index (χ0) is 13.0. The van der Waals surface area contributed by atoms with Crippen LogP contribution in [0.2, 0.25) is 0 Å². The van der Waals surface area contributed by atoms with E-state index in [9.17, 15) is 0 Å². The fourth-order valence-electron chi connectivity index (χ4n) is 2.63. The van der Waals surface area contributed by atoms with Crippen molar-refractivity contribution in [1.82, 2.24) is 5.32 Å². The van der Waals surface area contributed by atoms with E-state index in [-0.39, 0.29) is 0 Å². The lowest BCUT2D eigenvalue weighted by atomic mass is 9.92. The molecule has 2 aromatic rings. The quantitative estimate of drug-likeness (QED) is 0.867. The van der Waals surface area contributed by atoms with E-state index in [0.717, 1.165) is 0 Å². The first-order valence-corrected chi connectivity index (χ1v) is 7.81. The van der Waals surface area contributed by atoms with Gasteiger partial charge in [0, 0.05) is 6.04 Å². The van der Waals surface area contributed by atoms with Gasteiger partial charge in [-0.05, 0) is 41.3 Å². The zero-order valence-corrected chi connectivity index (χ0v) is 12.1. The number of nitrogens with one attached hydrogen (secondary N) is 1. The Morgan fingerprint density at radius 1 is 1.11 bits per heavy atom. The van der Waals surface area contributed by atoms with Crippen LogP contribution in [0.25, 0.3) is 10.8 Å². The van der Waals surface area contributed by atoms with E-state index in [0.29, 0.717) is 12.0 Å². The third-order valence-electron chi connectivity index (χ3n) is 3.47. The van der Waals surface area contributed by atoms with Gasteiger partial charge in [-0.2, -0.15) is 11.8 Å². The number of thioether (sulfide) groups is 1. The molecule has 2 atom stereocenters. The highest BCUT2D eigenvalue weighted by Crippen LogP contribution is 2.30. The van der Waals surface area contributed by atoms with Gasteiger partial charge in [0.05, 0.1) is 0 Å². The van der Waals surface area contributed by atoms with E-state index in [1.54, 1.807) is 0 Å². The smallest absolute Gasteiger partial charge is 0.0357 e. The molecule has 0 aromatic heterocycles. The molecule has 0 spiro atoms. The van der Waals surface area contributed by atoms with Crippen molar-refractivity contribution in [1.29, 1.82) is 0 Å². The maximum Gasteiger partial charge on any atom is 0.0357 e. The van der Waals surface area contributed by atoms with Gasteiger partial charge in [-0.15, -0.1) is 0 Å². The Bertz CT molecular complexity index is 504. The molecule has 0 fully saturated rings. The van der Waals surface area contributed by atoms with Crippen molar-refractivity contribution in [2.45, 2.75) is 13.0 Å². The van der Waals surface area contributed by atoms with Crippen molar-refractivity contribution < 1.29 is 0 Å². The lowest BCUT2D eigenvalue weighted by Gasteiger charge is -2.24. The highest BCUT2D eigenvalue weighted by Gasteiger charge is 2.18. The molecule has 0 saturated carbocycles. The van der Waals surface area contributed by atoms with Gasteiger partial charge in [0.25, 0.3) is 0 Å². The average molecular weight is 259 g/mol. The first-order valence-electron chi connectivity index (χ1n) is 6.41. The molecular weight excluding hydrogens is 238 g/mol. The van der Waals surface area contributed by atoms with E-state index in [1.807, 2.05) is 11.8 Å². The van der Waals surface area contributed by atoms with Crippen LogP contribution in [0.4, 0.5) is 0 Å². The summed E-state index contributed by atoms with van der Waals surface area (Å²) >= 11 is 1.91. The highest BCUT2D eigenvalue weighted by atomic mass is 32.2. The summed E-state index contributed by atoms with van der Waals surface area (Å²) in [7, 11) is 2.06. The van der Waals surface area contributed by atoms with Crippen molar-refractivity contribution in [3.8, 4) is 0 Å². The molecule has 0 saturated heterocycles. The molecule has 0 aliphatic carbocycles. The number of fused-ring (bicyclic) bond motifs is 1. The van der Waals surface area contributed by atoms with E-state index in [2.05, 4.69) is 68.0 Å². The lowest BCUT2D eigenvalue weighted by molar-refractivity contribution is 0.452. The normalized spacial score (nSPS) is 14.6. The van der Waals surface area contributed by atoms with Crippen LogP contribution in [0.5, 0.6) is 0 Å². The summed E-state index contributed by atoms with van der Waals surface area (Å²) in [5.74, 6) is 1.80. The molecule has 0 bridgehead atoms. The van der Waals surface area contributed by atoms with Crippen molar-refractivity contribution in [3.63, 3.8) is 0 Å². The van der Waals surface area contributed by atoms with Crippen molar-refractivity contribution in [2.24, 2.45) is 5.92 Å². The SMILES string of the molecule is CNC(c1cccc2ccccc12)C(C)CSC. The first kappa shape index (κ1) is 13.4. The second kappa shape index (κ2) is 6.26. The van der Waals surface area contributed by atoms with Crippen molar-refractivity contribution >= 4 is 22.5 Å². The molecule has 0 amide bonds. The Kier molecular flexibility index (Phi) is 4.67. The van der Waals surface area contributed by atoms with Crippen LogP contribution < -0.4 is 5.32 Å². The van der Waals surface area contributed by atoms with Crippen LogP contribution in [0.1, 0.15) is 18.5 Å². The number of hydrogen-bond donors (Lipinski definition) is 1. The summed E-state index contributed by atoms with van der Waals surface area (Å²) in [5, 5.41) is 6.18. The van der Waals surface area contributed by atoms with Crippen molar-refractivity contribution in [3.05, 3.63) is 48.0 Å². The van der Waals surface area contributed by atoms with Gasteiger partial charge in [0.15, 0.2) is 0 Å². The predicted molar refractivity (Wildman–Crippen MR) is 83.3 cm³/mol. The van der Waals surface area contributed by atoms with E-state index >= 15 is 0 Å². The lowest BCUT2D eigenvalue weighted by Crippen LogP contribution is -2.25. The van der Waals surface area contributed by atoms with Crippen LogP contribution in [-0.4, -0.2) is 19.1 Å². The van der Waals surface area contributed by atoms with Gasteiger partial charge < -0.3 is 5.32 Å². The summed E-state index contributed by atoms with van der Waals surface area (Å²) in [4.78, 5) is 0. The Morgan fingerprint density at radius 2 is 1.83 bits per heavy atom. The first-order chi connectivity index (χ1) is 8.77. The van der Waals surface area contributed by atoms with E-state index < -0.39 is 0 Å². The molecule has 0 aliphatic heterocycles. The Labute approximate surface area is 114 Å². The molecule has 96 valence electrons. The molecule has 1 N–H and O–H groups in total. The third-order valence-corrected chi connectivity index (χ3v) is 4.33. The molecule has 2 unspecified atom stereocenters. The van der Waals surface area contributed by atoms with Gasteiger partial charge in [0.1, 0.15) is 0 Å². The molecule has 0 aliphatic rings. The molecule has 1 nitrogen and oxygen atoms in total. The number of hydrogen-bond acceptors (Lipinski definition) is 2. The summed E-state index contributed by atoms with van der Waals surface area (Å²) in [6.07, 6.45) is 2.17. The molecular formula is C16H21NS. The third kappa shape index (κ3) is 2.70. The minimum absolute atomic E-state index is 0.420. The predicted octanol–water partition coefficient (Wildman–Crippen LogP) is 4.10. The van der Waals surface area contributed by atoms with Gasteiger partial charge in [-0.3, -0.25) is 0 Å². The molecule has 0 radical (unpaired) electrons. The second-order valence-electron chi connectivity index (χ2n) is 4.77. The standard InChI is InChI=1S/C16H21NS/c1-12(11-18-3)16(17-2)15-10-6-8-13-7-4-5-9-14(13)15/h4-10,12,16-17H,11H2,1-3H3. The largest absolute Gasteiger partial charge is 0.313 e. The van der Waals surface area contributed by atoms with Gasteiger partial charge in [-0.1, -0.05) is 49.4 Å². The second-order valence-corrected chi connectivity index (χ2v) is 5.68. The molecule has 2 aromatic carbocycles. The number of benzene rings is 2.